The molecule has 0 radical (unpaired) electrons. The highest BCUT2D eigenvalue weighted by Gasteiger charge is 2.14. The molecule has 0 aliphatic rings. The van der Waals surface area contributed by atoms with Gasteiger partial charge in [-0.1, -0.05) is 66.2 Å². The molecule has 1 heterocycles. The highest BCUT2D eigenvalue weighted by molar-refractivity contribution is 6.40. The number of rotatable bonds is 1. The van der Waals surface area contributed by atoms with Crippen LogP contribution in [0.3, 0.4) is 0 Å². The standard InChI is InChI=1S/C26H15ClO/c27-26-21(11-12-24-25(26)22-7-3-4-8-23(22)28-24)19-10-9-18-13-16-5-1-2-6-17(16)14-20(18)15-19/h1-15H. The van der Waals surface area contributed by atoms with Gasteiger partial charge >= 0.3 is 0 Å². The van der Waals surface area contributed by atoms with E-state index >= 15 is 0 Å². The fourth-order valence-corrected chi connectivity index (χ4v) is 4.47. The van der Waals surface area contributed by atoms with Gasteiger partial charge in [0.25, 0.3) is 0 Å². The zero-order chi connectivity index (χ0) is 18.7. The van der Waals surface area contributed by atoms with E-state index in [1.165, 1.54) is 21.5 Å². The second-order valence-corrected chi connectivity index (χ2v) is 7.54. The van der Waals surface area contributed by atoms with Crippen molar-refractivity contribution < 1.29 is 4.42 Å². The maximum atomic E-state index is 6.88. The van der Waals surface area contributed by atoms with Crippen molar-refractivity contribution >= 4 is 55.1 Å². The Balaban J connectivity index is 1.61. The fourth-order valence-electron chi connectivity index (χ4n) is 4.11. The Bertz CT molecular complexity index is 1520. The van der Waals surface area contributed by atoms with E-state index in [1.54, 1.807) is 0 Å². The number of fused-ring (bicyclic) bond motifs is 5. The highest BCUT2D eigenvalue weighted by atomic mass is 35.5. The van der Waals surface area contributed by atoms with Crippen LogP contribution in [0.25, 0.3) is 54.6 Å². The molecule has 0 unspecified atom stereocenters. The van der Waals surface area contributed by atoms with E-state index in [1.807, 2.05) is 24.3 Å². The van der Waals surface area contributed by atoms with Gasteiger partial charge in [0, 0.05) is 16.3 Å². The Morgan fingerprint density at radius 1 is 0.571 bits per heavy atom. The molecule has 0 bridgehead atoms. The maximum Gasteiger partial charge on any atom is 0.136 e. The Morgan fingerprint density at radius 3 is 2.14 bits per heavy atom. The van der Waals surface area contributed by atoms with E-state index in [0.29, 0.717) is 0 Å². The predicted molar refractivity (Wildman–Crippen MR) is 119 cm³/mol. The average molecular weight is 379 g/mol. The average Bonchev–Trinajstić information content (AvgIpc) is 3.11. The van der Waals surface area contributed by atoms with Crippen molar-refractivity contribution in [2.75, 3.05) is 0 Å². The van der Waals surface area contributed by atoms with Gasteiger partial charge in [-0.2, -0.15) is 0 Å². The predicted octanol–water partition coefficient (Wildman–Crippen LogP) is 8.21. The minimum absolute atomic E-state index is 0.739. The minimum atomic E-state index is 0.739. The first-order chi connectivity index (χ1) is 13.8. The van der Waals surface area contributed by atoms with Crippen molar-refractivity contribution in [2.45, 2.75) is 0 Å². The zero-order valence-corrected chi connectivity index (χ0v) is 15.7. The summed E-state index contributed by atoms with van der Waals surface area (Å²) in [4.78, 5) is 0. The number of furan rings is 1. The molecule has 0 spiro atoms. The Hall–Kier alpha value is -3.29. The van der Waals surface area contributed by atoms with E-state index in [0.717, 1.165) is 38.1 Å². The summed E-state index contributed by atoms with van der Waals surface area (Å²) in [5.41, 5.74) is 3.82. The van der Waals surface area contributed by atoms with Crippen LogP contribution in [0, 0.1) is 0 Å². The third kappa shape index (κ3) is 2.27. The molecule has 1 nitrogen and oxygen atoms in total. The van der Waals surface area contributed by atoms with Crippen molar-refractivity contribution in [1.82, 2.24) is 0 Å². The van der Waals surface area contributed by atoms with E-state index < -0.39 is 0 Å². The molecular weight excluding hydrogens is 364 g/mol. The summed E-state index contributed by atoms with van der Waals surface area (Å²) in [7, 11) is 0. The van der Waals surface area contributed by atoms with Crippen molar-refractivity contribution in [3.05, 3.63) is 96.0 Å². The smallest absolute Gasteiger partial charge is 0.136 e. The van der Waals surface area contributed by atoms with Crippen LogP contribution >= 0.6 is 11.6 Å². The first kappa shape index (κ1) is 15.7. The number of hydrogen-bond donors (Lipinski definition) is 0. The lowest BCUT2D eigenvalue weighted by Gasteiger charge is -2.08. The van der Waals surface area contributed by atoms with Gasteiger partial charge in [0.15, 0.2) is 0 Å². The van der Waals surface area contributed by atoms with E-state index in [4.69, 9.17) is 16.0 Å². The van der Waals surface area contributed by atoms with Crippen LogP contribution in [0.4, 0.5) is 0 Å². The molecule has 28 heavy (non-hydrogen) atoms. The molecule has 0 N–H and O–H groups in total. The zero-order valence-electron chi connectivity index (χ0n) is 14.9. The second kappa shape index (κ2) is 5.85. The minimum Gasteiger partial charge on any atom is -0.456 e. The first-order valence-electron chi connectivity index (χ1n) is 9.31. The van der Waals surface area contributed by atoms with Gasteiger partial charge in [0.2, 0.25) is 0 Å². The van der Waals surface area contributed by atoms with Crippen molar-refractivity contribution in [1.29, 1.82) is 0 Å². The van der Waals surface area contributed by atoms with Gasteiger partial charge in [-0.05, 0) is 63.5 Å². The van der Waals surface area contributed by atoms with Crippen molar-refractivity contribution in [3.63, 3.8) is 0 Å². The van der Waals surface area contributed by atoms with E-state index in [9.17, 15) is 0 Å². The van der Waals surface area contributed by atoms with Gasteiger partial charge < -0.3 is 4.42 Å². The fraction of sp³-hybridized carbons (Fsp3) is 0. The molecule has 0 fully saturated rings. The van der Waals surface area contributed by atoms with Crippen LogP contribution < -0.4 is 0 Å². The SMILES string of the molecule is Clc1c(-c2ccc3cc4ccccc4cc3c2)ccc2oc3ccccc3c12. The molecule has 0 atom stereocenters. The van der Waals surface area contributed by atoms with Crippen LogP contribution in [-0.2, 0) is 0 Å². The molecule has 6 rings (SSSR count). The van der Waals surface area contributed by atoms with E-state index in [2.05, 4.69) is 66.7 Å². The lowest BCUT2D eigenvalue weighted by atomic mass is 9.97. The molecule has 0 amide bonds. The second-order valence-electron chi connectivity index (χ2n) is 7.16. The summed E-state index contributed by atoms with van der Waals surface area (Å²) < 4.78 is 5.96. The summed E-state index contributed by atoms with van der Waals surface area (Å²) in [6.07, 6.45) is 0. The molecule has 0 aliphatic heterocycles. The first-order valence-corrected chi connectivity index (χ1v) is 9.68. The summed E-state index contributed by atoms with van der Waals surface area (Å²) in [6.45, 7) is 0. The van der Waals surface area contributed by atoms with Crippen LogP contribution in [-0.4, -0.2) is 0 Å². The molecule has 1 aromatic heterocycles. The Kier molecular flexibility index (Phi) is 3.29. The normalized spacial score (nSPS) is 11.8. The largest absolute Gasteiger partial charge is 0.456 e. The maximum absolute atomic E-state index is 6.88. The summed E-state index contributed by atoms with van der Waals surface area (Å²) in [5, 5.41) is 7.71. The number of para-hydroxylation sites is 1. The quantitative estimate of drug-likeness (QED) is 0.263. The van der Waals surface area contributed by atoms with Crippen LogP contribution in [0.15, 0.2) is 95.4 Å². The topological polar surface area (TPSA) is 13.1 Å². The monoisotopic (exact) mass is 378 g/mol. The molecule has 132 valence electrons. The summed E-state index contributed by atoms with van der Waals surface area (Å²) in [5.74, 6) is 0. The number of benzene rings is 5. The molecule has 2 heteroatoms. The summed E-state index contributed by atoms with van der Waals surface area (Å²) >= 11 is 6.88. The molecule has 0 saturated carbocycles. The highest BCUT2D eigenvalue weighted by Crippen LogP contribution is 2.40. The Morgan fingerprint density at radius 2 is 1.29 bits per heavy atom. The van der Waals surface area contributed by atoms with Crippen LogP contribution in [0.1, 0.15) is 0 Å². The molecule has 5 aromatic carbocycles. The van der Waals surface area contributed by atoms with Crippen LogP contribution in [0.5, 0.6) is 0 Å². The third-order valence-electron chi connectivity index (χ3n) is 5.50. The molecular formula is C26H15ClO. The number of hydrogen-bond acceptors (Lipinski definition) is 1. The van der Waals surface area contributed by atoms with Gasteiger partial charge in [0.1, 0.15) is 11.2 Å². The summed E-state index contributed by atoms with van der Waals surface area (Å²) in [6, 6.07) is 31.6. The van der Waals surface area contributed by atoms with Gasteiger partial charge in [-0.3, -0.25) is 0 Å². The van der Waals surface area contributed by atoms with Gasteiger partial charge in [-0.15, -0.1) is 0 Å². The van der Waals surface area contributed by atoms with Gasteiger partial charge in [0.05, 0.1) is 5.02 Å². The third-order valence-corrected chi connectivity index (χ3v) is 5.89. The Labute approximate surface area is 166 Å². The van der Waals surface area contributed by atoms with Crippen molar-refractivity contribution in [2.24, 2.45) is 0 Å². The van der Waals surface area contributed by atoms with E-state index in [-0.39, 0.29) is 0 Å². The molecule has 6 aromatic rings. The lowest BCUT2D eigenvalue weighted by molar-refractivity contribution is 0.669. The molecule has 0 saturated heterocycles. The van der Waals surface area contributed by atoms with Crippen molar-refractivity contribution in [3.8, 4) is 11.1 Å². The lowest BCUT2D eigenvalue weighted by Crippen LogP contribution is -1.83. The van der Waals surface area contributed by atoms with Gasteiger partial charge in [-0.25, -0.2) is 0 Å². The van der Waals surface area contributed by atoms with Crippen LogP contribution in [0.2, 0.25) is 5.02 Å². The number of halogens is 1. The molecule has 0 aliphatic carbocycles.